The van der Waals surface area contributed by atoms with E-state index in [1.807, 2.05) is 13.0 Å². The highest BCUT2D eigenvalue weighted by Crippen LogP contribution is 2.31. The Hall–Kier alpha value is -1.89. The number of nitrogens with zero attached hydrogens (tertiary/aromatic N) is 2. The second-order valence-corrected chi connectivity index (χ2v) is 4.63. The largest absolute Gasteiger partial charge is 0.493 e. The number of hydrogen-bond donors (Lipinski definition) is 0. The minimum atomic E-state index is -0.638. The fraction of sp³-hybridized carbons (Fsp3) is 0.308. The molecule has 0 spiro atoms. The summed E-state index contributed by atoms with van der Waals surface area (Å²) in [5, 5.41) is 3.78. The van der Waals surface area contributed by atoms with Crippen LogP contribution in [0.4, 0.5) is 0 Å². The van der Waals surface area contributed by atoms with E-state index in [0.29, 0.717) is 17.9 Å². The Balaban J connectivity index is 2.34. The molecule has 0 aliphatic carbocycles. The second kappa shape index (κ2) is 6.51. The normalized spacial score (nSPS) is 10.3. The highest BCUT2D eigenvalue weighted by Gasteiger charge is 2.19. The van der Waals surface area contributed by atoms with Crippen LogP contribution < -0.4 is 4.74 Å². The highest BCUT2D eigenvalue weighted by molar-refractivity contribution is 9.10. The molecule has 0 aliphatic heterocycles. The lowest BCUT2D eigenvalue weighted by atomic mass is 10.2. The van der Waals surface area contributed by atoms with Gasteiger partial charge in [-0.05, 0) is 32.0 Å². The maximum atomic E-state index is 11.5. The molecule has 7 heteroatoms. The van der Waals surface area contributed by atoms with Crippen LogP contribution >= 0.6 is 15.9 Å². The van der Waals surface area contributed by atoms with Crippen molar-refractivity contribution in [2.45, 2.75) is 13.8 Å². The van der Waals surface area contributed by atoms with E-state index >= 15 is 0 Å². The molecule has 0 fully saturated rings. The van der Waals surface area contributed by atoms with Crippen molar-refractivity contribution < 1.29 is 18.8 Å². The zero-order valence-electron chi connectivity index (χ0n) is 11.1. The first kappa shape index (κ1) is 14.5. The Morgan fingerprint density at radius 1 is 1.35 bits per heavy atom. The third kappa shape index (κ3) is 3.16. The van der Waals surface area contributed by atoms with Crippen molar-refractivity contribution in [2.24, 2.45) is 0 Å². The summed E-state index contributed by atoms with van der Waals surface area (Å²) >= 11 is 3.37. The summed E-state index contributed by atoms with van der Waals surface area (Å²) in [4.78, 5) is 15.5. The number of rotatable bonds is 5. The van der Waals surface area contributed by atoms with Crippen LogP contribution in [0.1, 0.15) is 24.5 Å². The minimum Gasteiger partial charge on any atom is -0.493 e. The van der Waals surface area contributed by atoms with E-state index in [-0.39, 0.29) is 18.3 Å². The Bertz CT molecular complexity index is 612. The molecule has 0 saturated carbocycles. The van der Waals surface area contributed by atoms with Crippen molar-refractivity contribution in [1.82, 2.24) is 10.1 Å². The van der Waals surface area contributed by atoms with E-state index in [1.165, 1.54) is 0 Å². The molecule has 20 heavy (non-hydrogen) atoms. The molecule has 0 atom stereocenters. The van der Waals surface area contributed by atoms with Gasteiger partial charge in [0.2, 0.25) is 5.82 Å². The molecule has 0 saturated heterocycles. The molecule has 0 radical (unpaired) electrons. The number of halogens is 1. The first-order chi connectivity index (χ1) is 9.65. The SMILES string of the molecule is CCOC(=O)c1nc(-c2ccc(Br)cc2OCC)no1. The first-order valence-corrected chi connectivity index (χ1v) is 6.88. The molecule has 0 amide bonds. The molecule has 106 valence electrons. The van der Waals surface area contributed by atoms with Gasteiger partial charge < -0.3 is 14.0 Å². The Morgan fingerprint density at radius 2 is 2.15 bits per heavy atom. The van der Waals surface area contributed by atoms with Gasteiger partial charge in [-0.15, -0.1) is 0 Å². The van der Waals surface area contributed by atoms with Gasteiger partial charge in [-0.3, -0.25) is 0 Å². The summed E-state index contributed by atoms with van der Waals surface area (Å²) in [5.74, 6) is 0.0793. The van der Waals surface area contributed by atoms with Crippen LogP contribution in [-0.2, 0) is 4.74 Å². The summed E-state index contributed by atoms with van der Waals surface area (Å²) < 4.78 is 16.1. The van der Waals surface area contributed by atoms with Gasteiger partial charge in [-0.2, -0.15) is 4.98 Å². The van der Waals surface area contributed by atoms with E-state index in [9.17, 15) is 4.79 Å². The first-order valence-electron chi connectivity index (χ1n) is 6.09. The van der Waals surface area contributed by atoms with Gasteiger partial charge in [-0.1, -0.05) is 21.1 Å². The zero-order valence-corrected chi connectivity index (χ0v) is 12.6. The van der Waals surface area contributed by atoms with E-state index < -0.39 is 5.97 Å². The van der Waals surface area contributed by atoms with Crippen molar-refractivity contribution in [2.75, 3.05) is 13.2 Å². The standard InChI is InChI=1S/C13H13BrN2O4/c1-3-18-10-7-8(14)5-6-9(10)11-15-12(20-16-11)13(17)19-4-2/h5-7H,3-4H2,1-2H3. The van der Waals surface area contributed by atoms with Crippen molar-refractivity contribution in [3.05, 3.63) is 28.6 Å². The topological polar surface area (TPSA) is 74.5 Å². The lowest BCUT2D eigenvalue weighted by Gasteiger charge is -2.07. The molecule has 0 N–H and O–H groups in total. The molecule has 0 aliphatic rings. The summed E-state index contributed by atoms with van der Waals surface area (Å²) in [6, 6.07) is 5.42. The number of benzene rings is 1. The van der Waals surface area contributed by atoms with Gasteiger partial charge in [0.15, 0.2) is 0 Å². The second-order valence-electron chi connectivity index (χ2n) is 3.72. The van der Waals surface area contributed by atoms with Crippen LogP contribution in [0.25, 0.3) is 11.4 Å². The Kier molecular flexibility index (Phi) is 4.73. The van der Waals surface area contributed by atoms with Gasteiger partial charge in [0.25, 0.3) is 0 Å². The number of hydrogen-bond acceptors (Lipinski definition) is 6. The third-order valence-corrected chi connectivity index (χ3v) is 2.85. The molecule has 2 aromatic rings. The fourth-order valence-electron chi connectivity index (χ4n) is 1.56. The van der Waals surface area contributed by atoms with Crippen molar-refractivity contribution in [1.29, 1.82) is 0 Å². The van der Waals surface area contributed by atoms with Crippen LogP contribution in [-0.4, -0.2) is 29.3 Å². The molecular formula is C13H13BrN2O4. The quantitative estimate of drug-likeness (QED) is 0.778. The number of carbonyl (C=O) groups is 1. The van der Waals surface area contributed by atoms with Crippen LogP contribution in [0.3, 0.4) is 0 Å². The van der Waals surface area contributed by atoms with Crippen molar-refractivity contribution in [3.8, 4) is 17.1 Å². The minimum absolute atomic E-state index is 0.174. The highest BCUT2D eigenvalue weighted by atomic mass is 79.9. The monoisotopic (exact) mass is 340 g/mol. The number of esters is 1. The van der Waals surface area contributed by atoms with E-state index in [1.54, 1.807) is 19.1 Å². The van der Waals surface area contributed by atoms with Gasteiger partial charge in [0.05, 0.1) is 18.8 Å². The maximum absolute atomic E-state index is 11.5. The van der Waals surface area contributed by atoms with Gasteiger partial charge >= 0.3 is 11.9 Å². The summed E-state index contributed by atoms with van der Waals surface area (Å²) in [6.45, 7) is 4.34. The number of aromatic nitrogens is 2. The average molecular weight is 341 g/mol. The summed E-state index contributed by atoms with van der Waals surface area (Å²) in [5.41, 5.74) is 0.648. The Labute approximate surface area is 124 Å². The van der Waals surface area contributed by atoms with Crippen LogP contribution in [0.5, 0.6) is 5.75 Å². The maximum Gasteiger partial charge on any atom is 0.397 e. The molecule has 0 unspecified atom stereocenters. The van der Waals surface area contributed by atoms with Gasteiger partial charge in [-0.25, -0.2) is 4.79 Å². The number of carbonyl (C=O) groups excluding carboxylic acids is 1. The van der Waals surface area contributed by atoms with E-state index in [4.69, 9.17) is 14.0 Å². The lowest BCUT2D eigenvalue weighted by Crippen LogP contribution is -2.04. The third-order valence-electron chi connectivity index (χ3n) is 2.36. The summed E-state index contributed by atoms with van der Waals surface area (Å²) in [7, 11) is 0. The van der Waals surface area contributed by atoms with Crippen LogP contribution in [0.15, 0.2) is 27.2 Å². The lowest BCUT2D eigenvalue weighted by molar-refractivity contribution is 0.0470. The fourth-order valence-corrected chi connectivity index (χ4v) is 1.90. The zero-order chi connectivity index (χ0) is 14.5. The molecule has 2 rings (SSSR count). The summed E-state index contributed by atoms with van der Waals surface area (Å²) in [6.07, 6.45) is 0. The number of ether oxygens (including phenoxy) is 2. The molecule has 1 aromatic heterocycles. The van der Waals surface area contributed by atoms with Crippen molar-refractivity contribution in [3.63, 3.8) is 0 Å². The van der Waals surface area contributed by atoms with E-state index in [0.717, 1.165) is 4.47 Å². The molecule has 1 aromatic carbocycles. The average Bonchev–Trinajstić information content (AvgIpc) is 2.89. The van der Waals surface area contributed by atoms with Crippen molar-refractivity contribution >= 4 is 21.9 Å². The van der Waals surface area contributed by atoms with Gasteiger partial charge in [0, 0.05) is 4.47 Å². The van der Waals surface area contributed by atoms with E-state index in [2.05, 4.69) is 26.1 Å². The van der Waals surface area contributed by atoms with Gasteiger partial charge in [0.1, 0.15) is 5.75 Å². The molecular weight excluding hydrogens is 328 g/mol. The molecule has 1 heterocycles. The van der Waals surface area contributed by atoms with Crippen LogP contribution in [0.2, 0.25) is 0 Å². The Morgan fingerprint density at radius 3 is 2.85 bits per heavy atom. The van der Waals surface area contributed by atoms with Crippen LogP contribution in [0, 0.1) is 0 Å². The smallest absolute Gasteiger partial charge is 0.397 e. The molecule has 6 nitrogen and oxygen atoms in total. The predicted molar refractivity (Wildman–Crippen MR) is 74.6 cm³/mol. The predicted octanol–water partition coefficient (Wildman–Crippen LogP) is 3.07. The molecule has 0 bridgehead atoms.